The van der Waals surface area contributed by atoms with E-state index in [0.717, 1.165) is 37.0 Å². The lowest BCUT2D eigenvalue weighted by Crippen LogP contribution is -2.55. The number of hydrogen-bond donors (Lipinski definition) is 0. The quantitative estimate of drug-likeness (QED) is 0.856. The van der Waals surface area contributed by atoms with Crippen LogP contribution in [0.4, 0.5) is 5.13 Å². The lowest BCUT2D eigenvalue weighted by Gasteiger charge is -2.40. The molecule has 0 saturated carbocycles. The van der Waals surface area contributed by atoms with Crippen molar-refractivity contribution in [2.24, 2.45) is 5.92 Å². The molecule has 2 aromatic rings. The third-order valence-electron chi connectivity index (χ3n) is 4.34. The van der Waals surface area contributed by atoms with Gasteiger partial charge in [0.05, 0.1) is 0 Å². The third kappa shape index (κ3) is 3.75. The van der Waals surface area contributed by atoms with Crippen molar-refractivity contribution in [2.75, 3.05) is 24.5 Å². The van der Waals surface area contributed by atoms with E-state index in [2.05, 4.69) is 28.3 Å². The molecule has 3 rings (SSSR count). The predicted octanol–water partition coefficient (Wildman–Crippen LogP) is 2.82. The first-order chi connectivity index (χ1) is 11.5. The maximum absolute atomic E-state index is 12.2. The van der Waals surface area contributed by atoms with Crippen molar-refractivity contribution < 1.29 is 4.79 Å². The average molecular weight is 344 g/mol. The highest BCUT2D eigenvalue weighted by atomic mass is 32.1. The molecule has 0 unspecified atom stereocenters. The Kier molecular flexibility index (Phi) is 5.14. The van der Waals surface area contributed by atoms with Crippen molar-refractivity contribution in [2.45, 2.75) is 33.2 Å². The molecular formula is C18H24N4OS. The summed E-state index contributed by atoms with van der Waals surface area (Å²) in [6.07, 6.45) is 0.763. The highest BCUT2D eigenvalue weighted by Crippen LogP contribution is 2.23. The zero-order valence-electron chi connectivity index (χ0n) is 14.5. The molecule has 1 atom stereocenters. The first kappa shape index (κ1) is 16.9. The Morgan fingerprint density at radius 3 is 2.71 bits per heavy atom. The Morgan fingerprint density at radius 1 is 1.29 bits per heavy atom. The number of nitrogens with zero attached hydrogens (tertiary/aromatic N) is 4. The summed E-state index contributed by atoms with van der Waals surface area (Å²) in [5, 5.41) is 0.962. The molecule has 0 aliphatic carbocycles. The molecule has 1 fully saturated rings. The van der Waals surface area contributed by atoms with E-state index in [1.807, 2.05) is 36.9 Å². The van der Waals surface area contributed by atoms with Gasteiger partial charge in [0.15, 0.2) is 0 Å². The van der Waals surface area contributed by atoms with Gasteiger partial charge in [0.25, 0.3) is 0 Å². The van der Waals surface area contributed by atoms with Gasteiger partial charge in [-0.1, -0.05) is 44.2 Å². The maximum atomic E-state index is 12.2. The summed E-state index contributed by atoms with van der Waals surface area (Å²) in [4.78, 5) is 21.2. The van der Waals surface area contributed by atoms with E-state index < -0.39 is 0 Å². The van der Waals surface area contributed by atoms with Gasteiger partial charge in [-0.15, -0.1) is 0 Å². The standard InChI is InChI=1S/C18H24N4OS/c1-13(2)17(23)22-10-9-21(12-14(22)3)18-19-16(20-24-18)11-15-7-5-4-6-8-15/h4-8,13-14H,9-12H2,1-3H3/t14-/m1/s1. The highest BCUT2D eigenvalue weighted by Gasteiger charge is 2.29. The van der Waals surface area contributed by atoms with Gasteiger partial charge >= 0.3 is 0 Å². The fourth-order valence-corrected chi connectivity index (χ4v) is 3.73. The molecule has 24 heavy (non-hydrogen) atoms. The normalized spacial score (nSPS) is 18.2. The van der Waals surface area contributed by atoms with Gasteiger partial charge in [-0.3, -0.25) is 4.79 Å². The Balaban J connectivity index is 1.63. The number of amides is 1. The van der Waals surface area contributed by atoms with Crippen LogP contribution in [-0.4, -0.2) is 45.8 Å². The molecule has 1 aromatic carbocycles. The van der Waals surface area contributed by atoms with Crippen LogP contribution in [0.1, 0.15) is 32.2 Å². The van der Waals surface area contributed by atoms with Crippen LogP contribution in [0.3, 0.4) is 0 Å². The number of rotatable bonds is 4. The Labute approximate surface area is 147 Å². The first-order valence-corrected chi connectivity index (χ1v) is 9.24. The van der Waals surface area contributed by atoms with Gasteiger partial charge in [0.2, 0.25) is 11.0 Å². The summed E-state index contributed by atoms with van der Waals surface area (Å²) in [6, 6.07) is 10.5. The van der Waals surface area contributed by atoms with Crippen molar-refractivity contribution in [3.63, 3.8) is 0 Å². The fourth-order valence-electron chi connectivity index (χ4n) is 3.01. The summed E-state index contributed by atoms with van der Waals surface area (Å²) >= 11 is 1.45. The largest absolute Gasteiger partial charge is 0.343 e. The second-order valence-electron chi connectivity index (χ2n) is 6.64. The second-order valence-corrected chi connectivity index (χ2v) is 7.37. The fraction of sp³-hybridized carbons (Fsp3) is 0.500. The minimum atomic E-state index is 0.0537. The summed E-state index contributed by atoms with van der Waals surface area (Å²) in [7, 11) is 0. The second kappa shape index (κ2) is 7.30. The molecule has 1 amide bonds. The van der Waals surface area contributed by atoms with E-state index in [1.54, 1.807) is 0 Å². The molecule has 1 aromatic heterocycles. The topological polar surface area (TPSA) is 49.3 Å². The van der Waals surface area contributed by atoms with Crippen molar-refractivity contribution in [3.05, 3.63) is 41.7 Å². The number of carbonyl (C=O) groups excluding carboxylic acids is 1. The van der Waals surface area contributed by atoms with Gasteiger partial charge in [-0.05, 0) is 12.5 Å². The minimum absolute atomic E-state index is 0.0537. The van der Waals surface area contributed by atoms with Gasteiger partial charge in [0, 0.05) is 49.5 Å². The van der Waals surface area contributed by atoms with Gasteiger partial charge in [-0.25, -0.2) is 4.98 Å². The molecule has 0 bridgehead atoms. The SMILES string of the molecule is CC(C)C(=O)N1CCN(c2nc(Cc3ccccc3)ns2)C[C@H]1C. The number of benzene rings is 1. The lowest BCUT2D eigenvalue weighted by molar-refractivity contribution is -0.136. The van der Waals surface area contributed by atoms with E-state index in [0.29, 0.717) is 0 Å². The highest BCUT2D eigenvalue weighted by molar-refractivity contribution is 7.09. The molecule has 6 heteroatoms. The zero-order chi connectivity index (χ0) is 17.1. The summed E-state index contributed by atoms with van der Waals surface area (Å²) < 4.78 is 4.50. The molecule has 0 spiro atoms. The Bertz CT molecular complexity index is 685. The zero-order valence-corrected chi connectivity index (χ0v) is 15.3. The maximum Gasteiger partial charge on any atom is 0.225 e. The molecule has 128 valence electrons. The third-order valence-corrected chi connectivity index (χ3v) is 5.15. The molecule has 0 radical (unpaired) electrons. The van der Waals surface area contributed by atoms with Crippen LogP contribution < -0.4 is 4.90 Å². The molecule has 1 saturated heterocycles. The summed E-state index contributed by atoms with van der Waals surface area (Å²) in [6.45, 7) is 8.43. The summed E-state index contributed by atoms with van der Waals surface area (Å²) in [5.74, 6) is 1.16. The van der Waals surface area contributed by atoms with E-state index in [4.69, 9.17) is 4.98 Å². The van der Waals surface area contributed by atoms with Crippen LogP contribution in [0.15, 0.2) is 30.3 Å². The molecule has 1 aliphatic heterocycles. The van der Waals surface area contributed by atoms with E-state index in [9.17, 15) is 4.79 Å². The van der Waals surface area contributed by atoms with Crippen LogP contribution in [-0.2, 0) is 11.2 Å². The van der Waals surface area contributed by atoms with Gasteiger partial charge in [0.1, 0.15) is 5.82 Å². The molecule has 5 nitrogen and oxygen atoms in total. The minimum Gasteiger partial charge on any atom is -0.343 e. The molecule has 2 heterocycles. The Hall–Kier alpha value is -1.95. The number of aromatic nitrogens is 2. The lowest BCUT2D eigenvalue weighted by atomic mass is 10.1. The van der Waals surface area contributed by atoms with E-state index >= 15 is 0 Å². The smallest absolute Gasteiger partial charge is 0.225 e. The summed E-state index contributed by atoms with van der Waals surface area (Å²) in [5.41, 5.74) is 1.22. The van der Waals surface area contributed by atoms with Crippen LogP contribution in [0.25, 0.3) is 0 Å². The number of carbonyl (C=O) groups is 1. The molecular weight excluding hydrogens is 320 g/mol. The van der Waals surface area contributed by atoms with Crippen molar-refractivity contribution in [3.8, 4) is 0 Å². The van der Waals surface area contributed by atoms with Crippen molar-refractivity contribution in [1.82, 2.24) is 14.3 Å². The molecule has 1 aliphatic rings. The van der Waals surface area contributed by atoms with E-state index in [-0.39, 0.29) is 17.9 Å². The van der Waals surface area contributed by atoms with E-state index in [1.165, 1.54) is 17.1 Å². The van der Waals surface area contributed by atoms with Crippen molar-refractivity contribution in [1.29, 1.82) is 0 Å². The Morgan fingerprint density at radius 2 is 2.04 bits per heavy atom. The van der Waals surface area contributed by atoms with Crippen LogP contribution in [0.5, 0.6) is 0 Å². The van der Waals surface area contributed by atoms with Crippen LogP contribution in [0.2, 0.25) is 0 Å². The van der Waals surface area contributed by atoms with Crippen LogP contribution >= 0.6 is 11.5 Å². The van der Waals surface area contributed by atoms with Gasteiger partial charge < -0.3 is 9.80 Å². The van der Waals surface area contributed by atoms with Crippen LogP contribution in [0, 0.1) is 5.92 Å². The predicted molar refractivity (Wildman–Crippen MR) is 97.4 cm³/mol. The number of hydrogen-bond acceptors (Lipinski definition) is 5. The average Bonchev–Trinajstić information content (AvgIpc) is 3.03. The number of piperazine rings is 1. The first-order valence-electron chi connectivity index (χ1n) is 8.46. The monoisotopic (exact) mass is 344 g/mol. The van der Waals surface area contributed by atoms with Crippen molar-refractivity contribution >= 4 is 22.6 Å². The number of anilines is 1. The molecule has 0 N–H and O–H groups in total. The van der Waals surface area contributed by atoms with Gasteiger partial charge in [-0.2, -0.15) is 4.37 Å².